The predicted octanol–water partition coefficient (Wildman–Crippen LogP) is 11.4. The first-order valence-electron chi connectivity index (χ1n) is 17.7. The highest BCUT2D eigenvalue weighted by atomic mass is 16.5. The largest absolute Gasteiger partial charge is 0.485 e. The number of nitrogens with zero attached hydrogens (tertiary/aromatic N) is 2. The van der Waals surface area contributed by atoms with Crippen LogP contribution in [0.3, 0.4) is 0 Å². The summed E-state index contributed by atoms with van der Waals surface area (Å²) in [7, 11) is 0. The smallest absolute Gasteiger partial charge is 0.157 e. The lowest BCUT2D eigenvalue weighted by atomic mass is 9.72. The van der Waals surface area contributed by atoms with E-state index >= 15 is 0 Å². The zero-order valence-electron chi connectivity index (χ0n) is 28.0. The van der Waals surface area contributed by atoms with Gasteiger partial charge < -0.3 is 4.74 Å². The molecule has 3 atom stereocenters. The first-order valence-corrected chi connectivity index (χ1v) is 17.7. The molecule has 242 valence electrons. The van der Waals surface area contributed by atoms with E-state index in [0.717, 1.165) is 46.1 Å². The van der Waals surface area contributed by atoms with Crippen molar-refractivity contribution in [3.8, 4) is 28.3 Å². The second-order valence-corrected chi connectivity index (χ2v) is 13.6. The summed E-state index contributed by atoms with van der Waals surface area (Å²) in [6.45, 7) is 0. The molecule has 51 heavy (non-hydrogen) atoms. The van der Waals surface area contributed by atoms with E-state index in [1.54, 1.807) is 0 Å². The highest BCUT2D eigenvalue weighted by molar-refractivity contribution is 5.92. The molecule has 1 aliphatic heterocycles. The predicted molar refractivity (Wildman–Crippen MR) is 209 cm³/mol. The molecule has 3 nitrogen and oxygen atoms in total. The van der Waals surface area contributed by atoms with Crippen LogP contribution in [0.25, 0.3) is 55.6 Å². The number of ether oxygens (including phenoxy) is 1. The van der Waals surface area contributed by atoms with Gasteiger partial charge in [-0.1, -0.05) is 146 Å². The Labute approximate surface area is 298 Å². The Balaban J connectivity index is 1.05. The average molecular weight is 655 g/mol. The molecule has 10 rings (SSSR count). The maximum absolute atomic E-state index is 6.25. The second kappa shape index (κ2) is 12.2. The van der Waals surface area contributed by atoms with Crippen molar-refractivity contribution in [2.45, 2.75) is 12.5 Å². The minimum Gasteiger partial charge on any atom is -0.485 e. The van der Waals surface area contributed by atoms with Gasteiger partial charge in [-0.15, -0.1) is 0 Å². The van der Waals surface area contributed by atoms with Crippen molar-refractivity contribution in [1.82, 2.24) is 9.97 Å². The third-order valence-electron chi connectivity index (χ3n) is 10.6. The van der Waals surface area contributed by atoms with E-state index in [2.05, 4.69) is 164 Å². The number of fused-ring (bicyclic) bond motifs is 5. The topological polar surface area (TPSA) is 35.0 Å². The van der Waals surface area contributed by atoms with E-state index in [0.29, 0.717) is 0 Å². The summed E-state index contributed by atoms with van der Waals surface area (Å²) in [6, 6.07) is 45.0. The van der Waals surface area contributed by atoms with Gasteiger partial charge in [0.2, 0.25) is 0 Å². The fraction of sp³-hybridized carbons (Fsp3) is 0.0833. The van der Waals surface area contributed by atoms with Gasteiger partial charge in [-0.2, -0.15) is 0 Å². The van der Waals surface area contributed by atoms with Gasteiger partial charge in [0.05, 0.1) is 11.4 Å². The molecule has 0 bridgehead atoms. The van der Waals surface area contributed by atoms with Crippen molar-refractivity contribution in [2.24, 2.45) is 11.8 Å². The molecule has 0 saturated heterocycles. The lowest BCUT2D eigenvalue weighted by Gasteiger charge is -2.32. The molecule has 3 unspecified atom stereocenters. The van der Waals surface area contributed by atoms with Crippen LogP contribution in [0.5, 0.6) is 5.75 Å². The molecule has 0 spiro atoms. The van der Waals surface area contributed by atoms with Gasteiger partial charge in [-0.25, -0.2) is 9.97 Å². The van der Waals surface area contributed by atoms with Crippen LogP contribution in [-0.4, -0.2) is 16.1 Å². The number of hydrogen-bond donors (Lipinski definition) is 0. The number of para-hydroxylation sites is 1. The Morgan fingerprint density at radius 1 is 0.529 bits per heavy atom. The minimum atomic E-state index is 0.100. The number of rotatable bonds is 5. The van der Waals surface area contributed by atoms with Crippen molar-refractivity contribution < 1.29 is 4.74 Å². The summed E-state index contributed by atoms with van der Waals surface area (Å²) >= 11 is 0. The van der Waals surface area contributed by atoms with Crippen LogP contribution >= 0.6 is 0 Å². The molecule has 0 amide bonds. The van der Waals surface area contributed by atoms with E-state index in [1.165, 1.54) is 44.2 Å². The van der Waals surface area contributed by atoms with E-state index in [9.17, 15) is 0 Å². The summed E-state index contributed by atoms with van der Waals surface area (Å²) in [6.07, 6.45) is 19.1. The molecule has 1 aromatic heterocycles. The number of hydrogen-bond acceptors (Lipinski definition) is 3. The van der Waals surface area contributed by atoms with Gasteiger partial charge in [0.1, 0.15) is 11.9 Å². The first kappa shape index (κ1) is 29.6. The number of benzene rings is 5. The lowest BCUT2D eigenvalue weighted by Crippen LogP contribution is -2.20. The van der Waals surface area contributed by atoms with Crippen molar-refractivity contribution in [2.75, 3.05) is 0 Å². The molecule has 0 saturated carbocycles. The fourth-order valence-corrected chi connectivity index (χ4v) is 8.03. The second-order valence-electron chi connectivity index (χ2n) is 13.6. The van der Waals surface area contributed by atoms with E-state index in [1.807, 2.05) is 12.1 Å². The average Bonchev–Trinajstić information content (AvgIpc) is 3.58. The van der Waals surface area contributed by atoms with Gasteiger partial charge in [0, 0.05) is 46.1 Å². The van der Waals surface area contributed by atoms with Gasteiger partial charge in [-0.05, 0) is 63.4 Å². The molecule has 2 heterocycles. The Bertz CT molecular complexity index is 2550. The summed E-state index contributed by atoms with van der Waals surface area (Å²) in [5, 5.41) is 2.42. The Kier molecular flexibility index (Phi) is 7.09. The Morgan fingerprint density at radius 3 is 2.12 bits per heavy atom. The molecular weight excluding hydrogens is 621 g/mol. The van der Waals surface area contributed by atoms with Gasteiger partial charge >= 0.3 is 0 Å². The Hall–Kier alpha value is -6.32. The molecule has 0 fully saturated rings. The van der Waals surface area contributed by atoms with Crippen LogP contribution in [0.4, 0.5) is 0 Å². The molecule has 0 N–H and O–H groups in total. The first-order chi connectivity index (χ1) is 25.2. The van der Waals surface area contributed by atoms with Gasteiger partial charge in [0.15, 0.2) is 5.82 Å². The molecule has 0 radical (unpaired) electrons. The van der Waals surface area contributed by atoms with Crippen LogP contribution in [0, 0.1) is 11.8 Å². The SMILES string of the molecule is C1=CC2C(c3cccc(C4=CCC5Oc6ccccc6C5=C4)c3)=CC=C(c3nc(-c4ccccc4)cc(-c4ccc5ccccc5c4)n3)C2C=C1. The molecular formula is C48H34N2O. The van der Waals surface area contributed by atoms with E-state index in [-0.39, 0.29) is 17.9 Å². The van der Waals surface area contributed by atoms with Crippen LogP contribution in [0.1, 0.15) is 28.9 Å². The molecule has 4 aliphatic rings. The molecule has 6 aromatic rings. The quantitative estimate of drug-likeness (QED) is 0.186. The standard InChI is InChI=1S/C48H34N2O/c1-2-12-32(13-3-1)44-30-45(37-22-21-31-11-4-5-14-33(31)28-37)50-48(49-44)42-25-24-38(39-17-6-7-18-40(39)42)36-16-10-15-34(27-36)35-23-26-47-43(29-35)41-19-8-9-20-46(41)51-47/h1-25,27-30,39-40,47H,26H2. The molecule has 3 aliphatic carbocycles. The summed E-state index contributed by atoms with van der Waals surface area (Å²) in [5.41, 5.74) is 12.6. The van der Waals surface area contributed by atoms with E-state index in [4.69, 9.17) is 14.7 Å². The van der Waals surface area contributed by atoms with Crippen molar-refractivity contribution in [3.05, 3.63) is 199 Å². The fourth-order valence-electron chi connectivity index (χ4n) is 8.03. The van der Waals surface area contributed by atoms with Gasteiger partial charge in [0.25, 0.3) is 0 Å². The minimum absolute atomic E-state index is 0.100. The maximum Gasteiger partial charge on any atom is 0.157 e. The molecule has 3 heteroatoms. The maximum atomic E-state index is 6.25. The summed E-state index contributed by atoms with van der Waals surface area (Å²) < 4.78 is 6.25. The lowest BCUT2D eigenvalue weighted by molar-refractivity contribution is 0.279. The third kappa shape index (κ3) is 5.30. The van der Waals surface area contributed by atoms with Crippen LogP contribution in [-0.2, 0) is 0 Å². The van der Waals surface area contributed by atoms with Crippen molar-refractivity contribution in [1.29, 1.82) is 0 Å². The van der Waals surface area contributed by atoms with Crippen molar-refractivity contribution in [3.63, 3.8) is 0 Å². The van der Waals surface area contributed by atoms with E-state index < -0.39 is 0 Å². The van der Waals surface area contributed by atoms with Crippen LogP contribution in [0.2, 0.25) is 0 Å². The normalized spacial score (nSPS) is 20.0. The van der Waals surface area contributed by atoms with Crippen molar-refractivity contribution >= 4 is 33.1 Å². The monoisotopic (exact) mass is 654 g/mol. The summed E-state index contributed by atoms with van der Waals surface area (Å²) in [5.74, 6) is 2.03. The number of allylic oxidation sites excluding steroid dienone is 10. The highest BCUT2D eigenvalue weighted by Crippen LogP contribution is 2.46. The van der Waals surface area contributed by atoms with Gasteiger partial charge in [-0.3, -0.25) is 0 Å². The Morgan fingerprint density at radius 2 is 1.24 bits per heavy atom. The molecule has 5 aromatic carbocycles. The zero-order chi connectivity index (χ0) is 33.7. The third-order valence-corrected chi connectivity index (χ3v) is 10.6. The summed E-state index contributed by atoms with van der Waals surface area (Å²) in [4.78, 5) is 10.5. The van der Waals surface area contributed by atoms with Crippen LogP contribution < -0.4 is 4.74 Å². The zero-order valence-corrected chi connectivity index (χ0v) is 28.0. The highest BCUT2D eigenvalue weighted by Gasteiger charge is 2.33. The number of aromatic nitrogens is 2. The van der Waals surface area contributed by atoms with Crippen LogP contribution in [0.15, 0.2) is 176 Å².